The fraction of sp³-hybridized carbons (Fsp3) is 0.375. The van der Waals surface area contributed by atoms with Crippen LogP contribution in [0, 0.1) is 6.92 Å². The van der Waals surface area contributed by atoms with Crippen molar-refractivity contribution in [1.29, 1.82) is 0 Å². The molecule has 2 N–H and O–H groups in total. The van der Waals surface area contributed by atoms with Gasteiger partial charge < -0.3 is 15.5 Å². The molecular weight excluding hydrogens is 414 g/mol. The Labute approximate surface area is 188 Å². The van der Waals surface area contributed by atoms with Crippen molar-refractivity contribution >= 4 is 29.3 Å². The molecule has 1 heterocycles. The maximum Gasteiger partial charge on any atom is 0.253 e. The Morgan fingerprint density at radius 2 is 1.71 bits per heavy atom. The Kier molecular flexibility index (Phi) is 7.69. The van der Waals surface area contributed by atoms with E-state index < -0.39 is 6.04 Å². The number of hydrogen-bond donors (Lipinski definition) is 2. The minimum Gasteiger partial charge on any atom is -0.351 e. The van der Waals surface area contributed by atoms with E-state index in [2.05, 4.69) is 10.6 Å². The van der Waals surface area contributed by atoms with Crippen molar-refractivity contribution in [3.05, 3.63) is 70.2 Å². The van der Waals surface area contributed by atoms with Crippen molar-refractivity contribution in [3.8, 4) is 0 Å². The molecule has 0 spiro atoms. The predicted octanol–water partition coefficient (Wildman–Crippen LogP) is 3.12. The van der Waals surface area contributed by atoms with Crippen molar-refractivity contribution in [2.45, 2.75) is 45.2 Å². The van der Waals surface area contributed by atoms with Crippen molar-refractivity contribution in [3.63, 3.8) is 0 Å². The maximum atomic E-state index is 12.9. The summed E-state index contributed by atoms with van der Waals surface area (Å²) in [5.74, 6) is -0.463. The van der Waals surface area contributed by atoms with E-state index in [-0.39, 0.29) is 23.8 Å². The number of carbonyl (C=O) groups excluding carboxylic acids is 3. The summed E-state index contributed by atoms with van der Waals surface area (Å²) in [5.41, 5.74) is 2.72. The van der Waals surface area contributed by atoms with Crippen molar-refractivity contribution in [2.75, 3.05) is 13.1 Å². The topological polar surface area (TPSA) is 78.5 Å². The Bertz CT molecular complexity index is 937. The van der Waals surface area contributed by atoms with E-state index in [1.807, 2.05) is 31.2 Å². The molecule has 2 aromatic rings. The smallest absolute Gasteiger partial charge is 0.253 e. The number of rotatable bonds is 6. The predicted molar refractivity (Wildman–Crippen MR) is 121 cm³/mol. The fourth-order valence-corrected chi connectivity index (χ4v) is 3.94. The molecule has 3 amide bonds. The number of nitrogens with zero attached hydrogens (tertiary/aromatic N) is 1. The van der Waals surface area contributed by atoms with Gasteiger partial charge in [0, 0.05) is 43.1 Å². The highest BCUT2D eigenvalue weighted by molar-refractivity contribution is 6.30. The zero-order valence-corrected chi connectivity index (χ0v) is 18.6. The summed E-state index contributed by atoms with van der Waals surface area (Å²) in [6.45, 7) is 4.54. The van der Waals surface area contributed by atoms with Crippen molar-refractivity contribution in [1.82, 2.24) is 15.5 Å². The second-order valence-corrected chi connectivity index (χ2v) is 8.40. The quantitative estimate of drug-likeness (QED) is 0.722. The van der Waals surface area contributed by atoms with Gasteiger partial charge in [0.2, 0.25) is 11.8 Å². The van der Waals surface area contributed by atoms with Gasteiger partial charge in [-0.3, -0.25) is 14.4 Å². The highest BCUT2D eigenvalue weighted by Gasteiger charge is 2.27. The average Bonchev–Trinajstić information content (AvgIpc) is 2.75. The third-order valence-corrected chi connectivity index (χ3v) is 5.85. The van der Waals surface area contributed by atoms with Gasteiger partial charge in [0.25, 0.3) is 5.91 Å². The summed E-state index contributed by atoms with van der Waals surface area (Å²) in [6.07, 6.45) is 1.77. The molecule has 1 aliphatic heterocycles. The van der Waals surface area contributed by atoms with Crippen LogP contribution in [0.5, 0.6) is 0 Å². The minimum atomic E-state index is -0.632. The standard InChI is InChI=1S/C24H28ClN3O3/c1-16-5-3-4-6-19(16)15-22(26-17(2)29)23(30)27-21-11-13-28(14-12-21)24(31)18-7-9-20(25)10-8-18/h3-10,21-22H,11-15H2,1-2H3,(H,26,29)(H,27,30)/t22-/m1/s1. The SMILES string of the molecule is CC(=O)N[C@H](Cc1ccccc1C)C(=O)NC1CCN(C(=O)c2ccc(Cl)cc2)CC1. The van der Waals surface area contributed by atoms with Gasteiger partial charge >= 0.3 is 0 Å². The van der Waals surface area contributed by atoms with E-state index in [1.54, 1.807) is 29.2 Å². The first-order valence-electron chi connectivity index (χ1n) is 10.5. The average molecular weight is 442 g/mol. The summed E-state index contributed by atoms with van der Waals surface area (Å²) >= 11 is 5.89. The van der Waals surface area contributed by atoms with Gasteiger partial charge in [-0.25, -0.2) is 0 Å². The maximum absolute atomic E-state index is 12.9. The number of nitrogens with one attached hydrogen (secondary N) is 2. The molecular formula is C24H28ClN3O3. The molecule has 164 valence electrons. The van der Waals surface area contributed by atoms with Crippen molar-refractivity contribution < 1.29 is 14.4 Å². The number of piperidine rings is 1. The second kappa shape index (κ2) is 10.4. The van der Waals surface area contributed by atoms with E-state index in [0.29, 0.717) is 42.9 Å². The molecule has 3 rings (SSSR count). The molecule has 0 radical (unpaired) electrons. The molecule has 31 heavy (non-hydrogen) atoms. The Hall–Kier alpha value is -2.86. The minimum absolute atomic E-state index is 0.0304. The zero-order chi connectivity index (χ0) is 22.4. The molecule has 7 heteroatoms. The molecule has 6 nitrogen and oxygen atoms in total. The van der Waals surface area contributed by atoms with Gasteiger partial charge in [-0.15, -0.1) is 0 Å². The van der Waals surface area contributed by atoms with E-state index in [0.717, 1.165) is 11.1 Å². The molecule has 0 aromatic heterocycles. The van der Waals surface area contributed by atoms with Crippen LogP contribution in [0.25, 0.3) is 0 Å². The third-order valence-electron chi connectivity index (χ3n) is 5.60. The molecule has 0 saturated carbocycles. The lowest BCUT2D eigenvalue weighted by Gasteiger charge is -2.33. The lowest BCUT2D eigenvalue weighted by molar-refractivity contribution is -0.128. The van der Waals surface area contributed by atoms with Crippen LogP contribution in [-0.4, -0.2) is 47.8 Å². The van der Waals surface area contributed by atoms with E-state index in [1.165, 1.54) is 6.92 Å². The molecule has 2 aromatic carbocycles. The highest BCUT2D eigenvalue weighted by atomic mass is 35.5. The molecule has 1 fully saturated rings. The monoisotopic (exact) mass is 441 g/mol. The van der Waals surface area contributed by atoms with Crippen LogP contribution in [0.4, 0.5) is 0 Å². The number of aryl methyl sites for hydroxylation is 1. The first kappa shape index (κ1) is 22.8. The normalized spacial score (nSPS) is 15.3. The van der Waals surface area contributed by atoms with Gasteiger partial charge in [-0.1, -0.05) is 35.9 Å². The van der Waals surface area contributed by atoms with Gasteiger partial charge in [0.1, 0.15) is 6.04 Å². The number of hydrogen-bond acceptors (Lipinski definition) is 3. The van der Waals surface area contributed by atoms with E-state index in [4.69, 9.17) is 11.6 Å². The summed E-state index contributed by atoms with van der Waals surface area (Å²) in [7, 11) is 0. The van der Waals surface area contributed by atoms with Gasteiger partial charge in [0.05, 0.1) is 0 Å². The number of carbonyl (C=O) groups is 3. The van der Waals surface area contributed by atoms with Gasteiger partial charge in [0.15, 0.2) is 0 Å². The summed E-state index contributed by atoms with van der Waals surface area (Å²) in [5, 5.41) is 6.43. The first-order chi connectivity index (χ1) is 14.8. The number of amides is 3. The van der Waals surface area contributed by atoms with Crippen LogP contribution in [0.3, 0.4) is 0 Å². The number of likely N-dealkylation sites (tertiary alicyclic amines) is 1. The van der Waals surface area contributed by atoms with Crippen LogP contribution in [0.2, 0.25) is 5.02 Å². The number of halogens is 1. The van der Waals surface area contributed by atoms with E-state index >= 15 is 0 Å². The summed E-state index contributed by atoms with van der Waals surface area (Å²) in [4.78, 5) is 39.0. The van der Waals surface area contributed by atoms with Crippen LogP contribution in [-0.2, 0) is 16.0 Å². The van der Waals surface area contributed by atoms with Crippen LogP contribution < -0.4 is 10.6 Å². The van der Waals surface area contributed by atoms with Crippen molar-refractivity contribution in [2.24, 2.45) is 0 Å². The molecule has 1 atom stereocenters. The Morgan fingerprint density at radius 3 is 2.32 bits per heavy atom. The first-order valence-corrected chi connectivity index (χ1v) is 10.9. The lowest BCUT2D eigenvalue weighted by Crippen LogP contribution is -2.53. The van der Waals surface area contributed by atoms with Crippen LogP contribution in [0.1, 0.15) is 41.3 Å². The van der Waals surface area contributed by atoms with Gasteiger partial charge in [-0.2, -0.15) is 0 Å². The Balaban J connectivity index is 1.56. The summed E-state index contributed by atoms with van der Waals surface area (Å²) in [6, 6.07) is 14.0. The summed E-state index contributed by atoms with van der Waals surface area (Å²) < 4.78 is 0. The fourth-order valence-electron chi connectivity index (χ4n) is 3.82. The molecule has 0 unspecified atom stereocenters. The Morgan fingerprint density at radius 1 is 1.06 bits per heavy atom. The molecule has 1 aliphatic rings. The molecule has 1 saturated heterocycles. The van der Waals surface area contributed by atoms with E-state index in [9.17, 15) is 14.4 Å². The third kappa shape index (κ3) is 6.31. The largest absolute Gasteiger partial charge is 0.351 e. The molecule has 0 bridgehead atoms. The highest BCUT2D eigenvalue weighted by Crippen LogP contribution is 2.17. The number of benzene rings is 2. The van der Waals surface area contributed by atoms with Crippen LogP contribution in [0.15, 0.2) is 48.5 Å². The molecule has 0 aliphatic carbocycles. The van der Waals surface area contributed by atoms with Gasteiger partial charge in [-0.05, 0) is 55.2 Å². The second-order valence-electron chi connectivity index (χ2n) is 7.97. The van der Waals surface area contributed by atoms with Crippen LogP contribution >= 0.6 is 11.6 Å². The lowest BCUT2D eigenvalue weighted by atomic mass is 9.99. The zero-order valence-electron chi connectivity index (χ0n) is 17.9.